The van der Waals surface area contributed by atoms with Crippen LogP contribution >= 0.6 is 0 Å². The van der Waals surface area contributed by atoms with Crippen molar-refractivity contribution < 1.29 is 9.53 Å². The number of nitrogens with zero attached hydrogens (tertiary/aromatic N) is 3. The summed E-state index contributed by atoms with van der Waals surface area (Å²) in [6.07, 6.45) is 3.80. The maximum Gasteiger partial charge on any atom is 0.278 e. The number of aromatic nitrogens is 3. The fourth-order valence-electron chi connectivity index (χ4n) is 4.93. The number of carbonyl (C=O) groups excluding carboxylic acids is 1. The van der Waals surface area contributed by atoms with Gasteiger partial charge in [0.1, 0.15) is 0 Å². The molecule has 7 nitrogen and oxygen atoms in total. The third-order valence-corrected chi connectivity index (χ3v) is 6.51. The van der Waals surface area contributed by atoms with Crippen LogP contribution in [0.3, 0.4) is 0 Å². The Labute approximate surface area is 174 Å². The molecule has 3 aromatic rings. The molecule has 1 amide bonds. The lowest BCUT2D eigenvalue weighted by molar-refractivity contribution is -0.138. The highest BCUT2D eigenvalue weighted by atomic mass is 16.5. The number of hydrogen-bond donors (Lipinski definition) is 1. The third-order valence-electron chi connectivity index (χ3n) is 6.51. The van der Waals surface area contributed by atoms with Crippen molar-refractivity contribution in [1.82, 2.24) is 19.5 Å². The molecule has 1 aliphatic carbocycles. The number of amides is 1. The topological polar surface area (TPSA) is 79.7 Å². The van der Waals surface area contributed by atoms with E-state index in [1.165, 1.54) is 4.52 Å². The number of benzene rings is 1. The number of aryl methyl sites for hydroxylation is 1. The molecule has 0 radical (unpaired) electrons. The molecule has 1 aliphatic heterocycles. The van der Waals surface area contributed by atoms with Crippen molar-refractivity contribution in [1.29, 1.82) is 0 Å². The lowest BCUT2D eigenvalue weighted by Gasteiger charge is -2.30. The number of H-pyrrole nitrogens is 1. The van der Waals surface area contributed by atoms with Gasteiger partial charge in [-0.2, -0.15) is 0 Å². The highest BCUT2D eigenvalue weighted by Gasteiger charge is 2.35. The summed E-state index contributed by atoms with van der Waals surface area (Å²) in [6, 6.07) is 9.94. The third kappa shape index (κ3) is 3.04. The second-order valence-corrected chi connectivity index (χ2v) is 8.39. The number of methoxy groups -OCH3 is 1. The average molecular weight is 406 g/mol. The number of nitrogens with one attached hydrogen (secondary N) is 1. The second-order valence-electron chi connectivity index (χ2n) is 8.39. The van der Waals surface area contributed by atoms with Crippen molar-refractivity contribution >= 4 is 11.6 Å². The first-order valence-electron chi connectivity index (χ1n) is 10.6. The standard InChI is InChI=1S/C23H26N4O3/c1-14-20(15-7-4-3-5-8-15)21-24-19-13-26(12-18(19)23(29)27(21)25-14)22(28)16-9-6-10-17(11-16)30-2/h3-5,7-8,16-17,25H,6,9-13H2,1-2H3. The van der Waals surface area contributed by atoms with Gasteiger partial charge in [-0.3, -0.25) is 14.7 Å². The zero-order valence-electron chi connectivity index (χ0n) is 17.4. The predicted octanol–water partition coefficient (Wildman–Crippen LogP) is 3.05. The van der Waals surface area contributed by atoms with Crippen LogP contribution in [0, 0.1) is 12.8 Å². The van der Waals surface area contributed by atoms with Crippen LogP contribution in [0.2, 0.25) is 0 Å². The van der Waals surface area contributed by atoms with Gasteiger partial charge in [-0.15, -0.1) is 0 Å². The molecule has 1 aromatic carbocycles. The lowest BCUT2D eigenvalue weighted by atomic mass is 9.86. The van der Waals surface area contributed by atoms with Gasteiger partial charge < -0.3 is 9.64 Å². The van der Waals surface area contributed by atoms with Crippen LogP contribution in [0.15, 0.2) is 35.1 Å². The zero-order chi connectivity index (χ0) is 20.8. The maximum atomic E-state index is 13.2. The summed E-state index contributed by atoms with van der Waals surface area (Å²) in [5.41, 5.74) is 4.66. The largest absolute Gasteiger partial charge is 0.381 e. The molecular weight excluding hydrogens is 380 g/mol. The number of hydrogen-bond acceptors (Lipinski definition) is 4. The smallest absolute Gasteiger partial charge is 0.278 e. The van der Waals surface area contributed by atoms with Gasteiger partial charge in [-0.05, 0) is 31.7 Å². The van der Waals surface area contributed by atoms with Crippen molar-refractivity contribution in [3.63, 3.8) is 0 Å². The summed E-state index contributed by atoms with van der Waals surface area (Å²) < 4.78 is 7.00. The van der Waals surface area contributed by atoms with Gasteiger partial charge >= 0.3 is 0 Å². The minimum atomic E-state index is -0.117. The van der Waals surface area contributed by atoms with Crippen molar-refractivity contribution in [2.75, 3.05) is 7.11 Å². The van der Waals surface area contributed by atoms with E-state index in [1.54, 1.807) is 12.0 Å². The van der Waals surface area contributed by atoms with Gasteiger partial charge in [0, 0.05) is 24.3 Å². The minimum Gasteiger partial charge on any atom is -0.381 e. The first-order valence-corrected chi connectivity index (χ1v) is 10.6. The molecule has 5 rings (SSSR count). The van der Waals surface area contributed by atoms with Crippen LogP contribution in [-0.4, -0.2) is 38.6 Å². The quantitative estimate of drug-likeness (QED) is 0.725. The molecule has 30 heavy (non-hydrogen) atoms. The molecule has 2 unspecified atom stereocenters. The van der Waals surface area contributed by atoms with Gasteiger partial charge in [0.25, 0.3) is 5.56 Å². The van der Waals surface area contributed by atoms with Crippen LogP contribution < -0.4 is 5.56 Å². The Hall–Kier alpha value is -2.93. The van der Waals surface area contributed by atoms with Gasteiger partial charge in [0.05, 0.1) is 30.5 Å². The number of ether oxygens (including phenoxy) is 1. The molecule has 0 spiro atoms. The van der Waals surface area contributed by atoms with E-state index >= 15 is 0 Å². The van der Waals surface area contributed by atoms with E-state index in [0.29, 0.717) is 30.0 Å². The van der Waals surface area contributed by atoms with Crippen molar-refractivity contribution in [2.24, 2.45) is 5.92 Å². The molecule has 0 bridgehead atoms. The Kier molecular flexibility index (Phi) is 4.70. The molecule has 156 valence electrons. The molecule has 1 N–H and O–H groups in total. The minimum absolute atomic E-state index is 0.0345. The highest BCUT2D eigenvalue weighted by Crippen LogP contribution is 2.31. The van der Waals surface area contributed by atoms with Gasteiger partial charge in [-0.25, -0.2) is 9.50 Å². The van der Waals surface area contributed by atoms with E-state index in [4.69, 9.17) is 9.72 Å². The Balaban J connectivity index is 1.49. The summed E-state index contributed by atoms with van der Waals surface area (Å²) in [5.74, 6) is 0.0787. The van der Waals surface area contributed by atoms with E-state index in [-0.39, 0.29) is 23.5 Å². The Morgan fingerprint density at radius 2 is 2.00 bits per heavy atom. The molecule has 0 saturated heterocycles. The molecule has 7 heteroatoms. The zero-order valence-corrected chi connectivity index (χ0v) is 17.4. The SMILES string of the molecule is COC1CCCC(C(=O)N2Cc3nc4c(-c5ccccc5)c(C)[nH]n4c(=O)c3C2)C1. The number of fused-ring (bicyclic) bond motifs is 2. The van der Waals surface area contributed by atoms with Crippen molar-refractivity contribution in [3.05, 3.63) is 57.6 Å². The first-order chi connectivity index (χ1) is 14.6. The normalized spacial score (nSPS) is 21.2. The van der Waals surface area contributed by atoms with Crippen LogP contribution in [0.1, 0.15) is 42.6 Å². The molecule has 1 saturated carbocycles. The summed E-state index contributed by atoms with van der Waals surface area (Å²) in [7, 11) is 1.71. The maximum absolute atomic E-state index is 13.2. The molecule has 2 aliphatic rings. The summed E-state index contributed by atoms with van der Waals surface area (Å²) >= 11 is 0. The van der Waals surface area contributed by atoms with Crippen LogP contribution in [-0.2, 0) is 22.6 Å². The molecule has 3 heterocycles. The second kappa shape index (κ2) is 7.40. The average Bonchev–Trinajstić information content (AvgIpc) is 3.35. The van der Waals surface area contributed by atoms with E-state index < -0.39 is 0 Å². The molecule has 2 atom stereocenters. The van der Waals surface area contributed by atoms with Crippen LogP contribution in [0.5, 0.6) is 0 Å². The predicted molar refractivity (Wildman–Crippen MR) is 113 cm³/mol. The van der Waals surface area contributed by atoms with Crippen LogP contribution in [0.4, 0.5) is 0 Å². The van der Waals surface area contributed by atoms with Gasteiger partial charge in [0.2, 0.25) is 5.91 Å². The fourth-order valence-corrected chi connectivity index (χ4v) is 4.93. The Morgan fingerprint density at radius 1 is 1.20 bits per heavy atom. The first kappa shape index (κ1) is 19.1. The molecule has 2 aromatic heterocycles. The van der Waals surface area contributed by atoms with Gasteiger partial charge in [0.15, 0.2) is 5.65 Å². The summed E-state index contributed by atoms with van der Waals surface area (Å²) in [6.45, 7) is 2.68. The van der Waals surface area contributed by atoms with Gasteiger partial charge in [-0.1, -0.05) is 36.8 Å². The monoisotopic (exact) mass is 406 g/mol. The number of aromatic amines is 1. The van der Waals surface area contributed by atoms with E-state index in [0.717, 1.165) is 42.5 Å². The number of carbonyl (C=O) groups is 1. The van der Waals surface area contributed by atoms with E-state index in [9.17, 15) is 9.59 Å². The number of rotatable bonds is 3. The van der Waals surface area contributed by atoms with Crippen LogP contribution in [0.25, 0.3) is 16.8 Å². The Bertz CT molecular complexity index is 1160. The molecular formula is C23H26N4O3. The lowest BCUT2D eigenvalue weighted by Crippen LogP contribution is -2.36. The van der Waals surface area contributed by atoms with Crippen molar-refractivity contribution in [2.45, 2.75) is 51.8 Å². The molecule has 1 fully saturated rings. The Morgan fingerprint density at radius 3 is 2.77 bits per heavy atom. The summed E-state index contributed by atoms with van der Waals surface area (Å²) in [4.78, 5) is 33.0. The fraction of sp³-hybridized carbons (Fsp3) is 0.435. The highest BCUT2D eigenvalue weighted by molar-refractivity contribution is 5.81. The van der Waals surface area contributed by atoms with Crippen molar-refractivity contribution in [3.8, 4) is 11.1 Å². The van der Waals surface area contributed by atoms with E-state index in [2.05, 4.69) is 5.10 Å². The van der Waals surface area contributed by atoms with E-state index in [1.807, 2.05) is 37.3 Å². The summed E-state index contributed by atoms with van der Waals surface area (Å²) in [5, 5.41) is 3.17.